The summed E-state index contributed by atoms with van der Waals surface area (Å²) in [7, 11) is 1.71. The first-order valence-corrected chi connectivity index (χ1v) is 12.9. The summed E-state index contributed by atoms with van der Waals surface area (Å²) < 4.78 is 52.6. The second-order valence-electron chi connectivity index (χ2n) is 9.77. The zero-order valence-corrected chi connectivity index (χ0v) is 22.1. The van der Waals surface area contributed by atoms with Crippen LogP contribution in [-0.2, 0) is 20.0 Å². The Hall–Kier alpha value is -4.63. The molecule has 212 valence electrons. The van der Waals surface area contributed by atoms with E-state index in [0.29, 0.717) is 61.0 Å². The van der Waals surface area contributed by atoms with Gasteiger partial charge < -0.3 is 19.1 Å². The van der Waals surface area contributed by atoms with E-state index in [1.807, 2.05) is 12.1 Å². The number of aromatic carboxylic acids is 1. The molecule has 0 amide bonds. The van der Waals surface area contributed by atoms with E-state index in [0.717, 1.165) is 6.07 Å². The molecule has 5 rings (SSSR count). The molecule has 0 bridgehead atoms. The third-order valence-electron chi connectivity index (χ3n) is 7.03. The van der Waals surface area contributed by atoms with Crippen molar-refractivity contribution in [2.75, 3.05) is 13.1 Å². The monoisotopic (exact) mass is 565 g/mol. The van der Waals surface area contributed by atoms with Crippen molar-refractivity contribution in [3.63, 3.8) is 0 Å². The van der Waals surface area contributed by atoms with Gasteiger partial charge in [0.05, 0.1) is 29.3 Å². The third-order valence-corrected chi connectivity index (χ3v) is 7.03. The Balaban J connectivity index is 1.22. The minimum atomic E-state index is -3.11. The first-order chi connectivity index (χ1) is 19.7. The lowest BCUT2D eigenvalue weighted by atomic mass is 10.1. The van der Waals surface area contributed by atoms with Crippen LogP contribution in [0.5, 0.6) is 11.6 Å². The molecule has 1 fully saturated rings. The number of nitrogens with zero attached hydrogens (tertiary/aromatic N) is 5. The van der Waals surface area contributed by atoms with E-state index in [1.165, 1.54) is 12.1 Å². The van der Waals surface area contributed by atoms with E-state index in [1.54, 1.807) is 35.9 Å². The summed E-state index contributed by atoms with van der Waals surface area (Å²) in [6.45, 7) is -1.31. The predicted molar refractivity (Wildman–Crippen MR) is 141 cm³/mol. The lowest BCUT2D eigenvalue weighted by molar-refractivity contribution is -0.0489. The SMILES string of the molecule is Cn1c(CN2CCC(Oc3cccc(Cc4ccc(C#N)cc4F)n3)CC2)nc2c(OC(F)F)cc(C(=O)O)cc21. The topological polar surface area (TPSA) is 114 Å². The number of alkyl halides is 2. The Morgan fingerprint density at radius 3 is 2.63 bits per heavy atom. The molecule has 0 spiro atoms. The molecule has 0 atom stereocenters. The van der Waals surface area contributed by atoms with E-state index < -0.39 is 18.4 Å². The van der Waals surface area contributed by atoms with Crippen LogP contribution in [0.1, 0.15) is 45.8 Å². The molecular formula is C29H26F3N5O4. The van der Waals surface area contributed by atoms with Crippen LogP contribution in [0.3, 0.4) is 0 Å². The Morgan fingerprint density at radius 2 is 1.95 bits per heavy atom. The number of pyridine rings is 1. The van der Waals surface area contributed by atoms with Gasteiger partial charge in [0.15, 0.2) is 5.75 Å². The number of nitriles is 1. The van der Waals surface area contributed by atoms with Gasteiger partial charge in [0.2, 0.25) is 5.88 Å². The quantitative estimate of drug-likeness (QED) is 0.305. The summed E-state index contributed by atoms with van der Waals surface area (Å²) >= 11 is 0. The fraction of sp³-hybridized carbons (Fsp3) is 0.310. The fourth-order valence-electron chi connectivity index (χ4n) is 4.89. The number of likely N-dealkylation sites (tertiary alicyclic amines) is 1. The van der Waals surface area contributed by atoms with E-state index >= 15 is 0 Å². The van der Waals surface area contributed by atoms with Gasteiger partial charge in [-0.15, -0.1) is 0 Å². The minimum Gasteiger partial charge on any atom is -0.478 e. The van der Waals surface area contributed by atoms with Crippen LogP contribution in [0.25, 0.3) is 11.0 Å². The molecule has 0 saturated carbocycles. The number of carboxylic acids is 1. The molecule has 0 aliphatic carbocycles. The summed E-state index contributed by atoms with van der Waals surface area (Å²) in [5, 5.41) is 18.3. The maximum absolute atomic E-state index is 14.3. The lowest BCUT2D eigenvalue weighted by Gasteiger charge is -2.31. The molecule has 41 heavy (non-hydrogen) atoms. The highest BCUT2D eigenvalue weighted by Crippen LogP contribution is 2.30. The normalized spacial score (nSPS) is 14.3. The molecule has 4 aromatic rings. The number of imidazole rings is 1. The highest BCUT2D eigenvalue weighted by atomic mass is 19.3. The first kappa shape index (κ1) is 27.9. The van der Waals surface area contributed by atoms with Crippen LogP contribution in [0, 0.1) is 17.1 Å². The van der Waals surface area contributed by atoms with Gasteiger partial charge in [0.25, 0.3) is 0 Å². The number of rotatable bonds is 9. The number of carboxylic acid groups (broad SMARTS) is 1. The Bertz CT molecular complexity index is 1630. The third kappa shape index (κ3) is 6.41. The van der Waals surface area contributed by atoms with Gasteiger partial charge in [-0.2, -0.15) is 14.0 Å². The Morgan fingerprint density at radius 1 is 1.17 bits per heavy atom. The van der Waals surface area contributed by atoms with E-state index in [2.05, 4.69) is 19.6 Å². The molecule has 1 aliphatic rings. The summed E-state index contributed by atoms with van der Waals surface area (Å²) in [4.78, 5) is 22.7. The van der Waals surface area contributed by atoms with Crippen molar-refractivity contribution in [3.8, 4) is 17.7 Å². The van der Waals surface area contributed by atoms with Crippen LogP contribution in [0.15, 0.2) is 48.5 Å². The highest BCUT2D eigenvalue weighted by Gasteiger charge is 2.24. The van der Waals surface area contributed by atoms with Crippen molar-refractivity contribution < 1.29 is 32.5 Å². The second-order valence-corrected chi connectivity index (χ2v) is 9.77. The molecule has 0 unspecified atom stereocenters. The highest BCUT2D eigenvalue weighted by molar-refractivity contribution is 5.95. The smallest absolute Gasteiger partial charge is 0.387 e. The van der Waals surface area contributed by atoms with Crippen LogP contribution in [0.2, 0.25) is 0 Å². The van der Waals surface area contributed by atoms with E-state index in [4.69, 9.17) is 10.00 Å². The van der Waals surface area contributed by atoms with Crippen molar-refractivity contribution in [3.05, 3.63) is 82.6 Å². The summed E-state index contributed by atoms with van der Waals surface area (Å²) in [5.74, 6) is -0.945. The first-order valence-electron chi connectivity index (χ1n) is 12.9. The summed E-state index contributed by atoms with van der Waals surface area (Å²) in [6.07, 6.45) is 1.61. The lowest BCUT2D eigenvalue weighted by Crippen LogP contribution is -2.38. The maximum Gasteiger partial charge on any atom is 0.387 e. The van der Waals surface area contributed by atoms with Crippen molar-refractivity contribution in [2.24, 2.45) is 7.05 Å². The molecule has 1 aliphatic heterocycles. The molecular weight excluding hydrogens is 539 g/mol. The number of halogens is 3. The Labute approximate surface area is 233 Å². The summed E-state index contributed by atoms with van der Waals surface area (Å²) in [6, 6.07) is 14.1. The molecule has 9 nitrogen and oxygen atoms in total. The predicted octanol–water partition coefficient (Wildman–Crippen LogP) is 4.91. The minimum absolute atomic E-state index is 0.0785. The molecule has 2 aromatic heterocycles. The van der Waals surface area contributed by atoms with E-state index in [-0.39, 0.29) is 34.9 Å². The number of benzene rings is 2. The van der Waals surface area contributed by atoms with Gasteiger partial charge >= 0.3 is 12.6 Å². The van der Waals surface area contributed by atoms with Crippen LogP contribution < -0.4 is 9.47 Å². The number of aryl methyl sites for hydroxylation is 1. The number of carbonyl (C=O) groups is 1. The number of ether oxygens (including phenoxy) is 2. The zero-order valence-electron chi connectivity index (χ0n) is 22.1. The van der Waals surface area contributed by atoms with Crippen molar-refractivity contribution in [1.82, 2.24) is 19.4 Å². The molecule has 0 radical (unpaired) electrons. The van der Waals surface area contributed by atoms with E-state index in [9.17, 15) is 23.1 Å². The molecule has 1 N–H and O–H groups in total. The van der Waals surface area contributed by atoms with Gasteiger partial charge in [-0.1, -0.05) is 12.1 Å². The summed E-state index contributed by atoms with van der Waals surface area (Å²) in [5.41, 5.74) is 1.75. The number of piperidine rings is 1. The Kier molecular flexibility index (Phi) is 8.07. The zero-order chi connectivity index (χ0) is 29.1. The molecule has 12 heteroatoms. The largest absolute Gasteiger partial charge is 0.478 e. The number of hydrogen-bond donors (Lipinski definition) is 1. The van der Waals surface area contributed by atoms with Crippen molar-refractivity contribution >= 4 is 17.0 Å². The van der Waals surface area contributed by atoms with Crippen molar-refractivity contribution in [1.29, 1.82) is 5.26 Å². The number of fused-ring (bicyclic) bond motifs is 1. The van der Waals surface area contributed by atoms with Gasteiger partial charge in [-0.05, 0) is 48.7 Å². The molecule has 1 saturated heterocycles. The number of hydrogen-bond acceptors (Lipinski definition) is 7. The van der Waals surface area contributed by atoms with Gasteiger partial charge in [0.1, 0.15) is 23.3 Å². The second kappa shape index (κ2) is 11.9. The molecule has 3 heterocycles. The molecule has 2 aromatic carbocycles. The van der Waals surface area contributed by atoms with Gasteiger partial charge in [-0.25, -0.2) is 19.2 Å². The van der Waals surface area contributed by atoms with Crippen LogP contribution >= 0.6 is 0 Å². The number of aromatic nitrogens is 3. The standard InChI is InChI=1S/C29H26F3N5O4/c1-36-23-13-19(28(38)39)14-24(41-29(31)32)27(23)35-25(36)16-37-9-7-21(8-10-37)40-26-4-2-3-20(34-26)12-18-6-5-17(15-33)11-22(18)30/h2-6,11,13-14,21,29H,7-10,12,16H2,1H3,(H,38,39). The van der Waals surface area contributed by atoms with Gasteiger partial charge in [0, 0.05) is 38.3 Å². The average Bonchev–Trinajstić information content (AvgIpc) is 3.26. The average molecular weight is 566 g/mol. The van der Waals surface area contributed by atoms with Gasteiger partial charge in [-0.3, -0.25) is 4.90 Å². The fourth-order valence-corrected chi connectivity index (χ4v) is 4.89. The van der Waals surface area contributed by atoms with Crippen LogP contribution in [0.4, 0.5) is 13.2 Å². The van der Waals surface area contributed by atoms with Crippen molar-refractivity contribution in [2.45, 2.75) is 38.5 Å². The maximum atomic E-state index is 14.3. The van der Waals surface area contributed by atoms with Crippen LogP contribution in [-0.4, -0.2) is 56.3 Å².